The Kier molecular flexibility index (Phi) is 6.67. The molecular formula is C23H32N6O. The second-order valence-corrected chi connectivity index (χ2v) is 8.20. The van der Waals surface area contributed by atoms with Crippen molar-refractivity contribution in [2.45, 2.75) is 51.6 Å². The normalized spacial score (nSPS) is 20.0. The zero-order valence-electron chi connectivity index (χ0n) is 17.7. The van der Waals surface area contributed by atoms with Crippen molar-refractivity contribution < 1.29 is 4.79 Å². The number of aliphatic imine (C=N–C) groups is 1. The van der Waals surface area contributed by atoms with E-state index in [1.807, 2.05) is 29.3 Å². The number of aromatic amines is 1. The molecule has 7 heteroatoms. The number of guanidine groups is 1. The molecule has 30 heavy (non-hydrogen) atoms. The number of carbonyl (C=O) groups excluding carboxylic acids is 1. The number of H-pyrrole nitrogens is 1. The Bertz CT molecular complexity index is 856. The molecule has 1 aliphatic heterocycles. The molecule has 0 radical (unpaired) electrons. The molecule has 160 valence electrons. The molecule has 2 heterocycles. The van der Waals surface area contributed by atoms with Gasteiger partial charge < -0.3 is 20.5 Å². The summed E-state index contributed by atoms with van der Waals surface area (Å²) in [5.74, 6) is 2.21. The highest BCUT2D eigenvalue weighted by Gasteiger charge is 2.32. The number of imidazole rings is 1. The number of carbonyl (C=O) groups is 1. The Morgan fingerprint density at radius 3 is 2.80 bits per heavy atom. The summed E-state index contributed by atoms with van der Waals surface area (Å²) in [6.07, 6.45) is 7.33. The van der Waals surface area contributed by atoms with Crippen LogP contribution in [0.2, 0.25) is 0 Å². The molecule has 4 rings (SSSR count). The molecule has 2 aromatic rings. The lowest BCUT2D eigenvalue weighted by Crippen LogP contribution is -2.45. The van der Waals surface area contributed by atoms with Crippen LogP contribution in [-0.4, -0.2) is 52.4 Å². The zero-order chi connectivity index (χ0) is 20.8. The van der Waals surface area contributed by atoms with Gasteiger partial charge in [-0.3, -0.25) is 4.79 Å². The number of nitrogens with zero attached hydrogens (tertiary/aromatic N) is 3. The molecule has 1 aliphatic carbocycles. The highest BCUT2D eigenvalue weighted by atomic mass is 16.2. The molecule has 1 saturated carbocycles. The molecule has 1 aromatic carbocycles. The van der Waals surface area contributed by atoms with Crippen molar-refractivity contribution in [2.24, 2.45) is 10.9 Å². The van der Waals surface area contributed by atoms with E-state index in [0.717, 1.165) is 61.9 Å². The number of nitrogens with one attached hydrogen (secondary N) is 3. The fraction of sp³-hybridized carbons (Fsp3) is 0.522. The van der Waals surface area contributed by atoms with Crippen LogP contribution in [0.5, 0.6) is 0 Å². The van der Waals surface area contributed by atoms with E-state index in [1.165, 1.54) is 12.8 Å². The SMILES string of the molecule is CCNC(=NCc1ncc(-c2ccccc2)[nH]1)NC1CCN(C(=O)C2CCCC2)C1. The van der Waals surface area contributed by atoms with Crippen LogP contribution in [0.3, 0.4) is 0 Å². The molecule has 2 fully saturated rings. The number of amides is 1. The van der Waals surface area contributed by atoms with Crippen molar-refractivity contribution in [1.82, 2.24) is 25.5 Å². The molecule has 1 saturated heterocycles. The topological polar surface area (TPSA) is 85.4 Å². The van der Waals surface area contributed by atoms with Gasteiger partial charge in [-0.1, -0.05) is 43.2 Å². The third-order valence-corrected chi connectivity index (χ3v) is 5.99. The van der Waals surface area contributed by atoms with E-state index < -0.39 is 0 Å². The zero-order valence-corrected chi connectivity index (χ0v) is 17.7. The molecule has 3 N–H and O–H groups in total. The fourth-order valence-electron chi connectivity index (χ4n) is 4.38. The molecule has 2 aliphatic rings. The van der Waals surface area contributed by atoms with Crippen molar-refractivity contribution in [3.05, 3.63) is 42.4 Å². The minimum absolute atomic E-state index is 0.240. The first-order valence-corrected chi connectivity index (χ1v) is 11.2. The minimum Gasteiger partial charge on any atom is -0.357 e. The summed E-state index contributed by atoms with van der Waals surface area (Å²) in [5, 5.41) is 6.82. The fourth-order valence-corrected chi connectivity index (χ4v) is 4.38. The van der Waals surface area contributed by atoms with Crippen LogP contribution in [-0.2, 0) is 11.3 Å². The van der Waals surface area contributed by atoms with Crippen molar-refractivity contribution in [1.29, 1.82) is 0 Å². The first-order chi connectivity index (χ1) is 14.7. The van der Waals surface area contributed by atoms with Gasteiger partial charge in [-0.2, -0.15) is 0 Å². The van der Waals surface area contributed by atoms with Crippen LogP contribution in [0.15, 0.2) is 41.5 Å². The van der Waals surface area contributed by atoms with E-state index in [0.29, 0.717) is 12.5 Å². The molecule has 7 nitrogen and oxygen atoms in total. The number of rotatable bonds is 6. The second-order valence-electron chi connectivity index (χ2n) is 8.20. The van der Waals surface area contributed by atoms with Crippen LogP contribution >= 0.6 is 0 Å². The Morgan fingerprint density at radius 1 is 1.23 bits per heavy atom. The molecule has 0 bridgehead atoms. The largest absolute Gasteiger partial charge is 0.357 e. The highest BCUT2D eigenvalue weighted by Crippen LogP contribution is 2.27. The van der Waals surface area contributed by atoms with Gasteiger partial charge in [0.25, 0.3) is 0 Å². The van der Waals surface area contributed by atoms with Gasteiger partial charge in [-0.05, 0) is 31.7 Å². The molecule has 0 spiro atoms. The van der Waals surface area contributed by atoms with Gasteiger partial charge in [-0.25, -0.2) is 9.98 Å². The van der Waals surface area contributed by atoms with E-state index in [1.54, 1.807) is 0 Å². The monoisotopic (exact) mass is 408 g/mol. The predicted octanol–water partition coefficient (Wildman–Crippen LogP) is 2.92. The molecule has 1 aromatic heterocycles. The first kappa shape index (κ1) is 20.4. The van der Waals surface area contributed by atoms with E-state index in [9.17, 15) is 4.79 Å². The van der Waals surface area contributed by atoms with E-state index in [4.69, 9.17) is 4.99 Å². The van der Waals surface area contributed by atoms with Gasteiger partial charge in [0.05, 0.1) is 11.9 Å². The summed E-state index contributed by atoms with van der Waals surface area (Å²) in [4.78, 5) is 27.2. The highest BCUT2D eigenvalue weighted by molar-refractivity contribution is 5.81. The first-order valence-electron chi connectivity index (χ1n) is 11.2. The summed E-state index contributed by atoms with van der Waals surface area (Å²) in [5.41, 5.74) is 2.11. The minimum atomic E-state index is 0.240. The third kappa shape index (κ3) is 5.01. The van der Waals surface area contributed by atoms with Gasteiger partial charge in [-0.15, -0.1) is 0 Å². The van der Waals surface area contributed by atoms with Crippen molar-refractivity contribution >= 4 is 11.9 Å². The molecule has 1 amide bonds. The predicted molar refractivity (Wildman–Crippen MR) is 119 cm³/mol. The molecule has 1 atom stereocenters. The van der Waals surface area contributed by atoms with E-state index >= 15 is 0 Å². The smallest absolute Gasteiger partial charge is 0.225 e. The summed E-state index contributed by atoms with van der Waals surface area (Å²) < 4.78 is 0. The lowest BCUT2D eigenvalue weighted by molar-refractivity contribution is -0.134. The third-order valence-electron chi connectivity index (χ3n) is 5.99. The summed E-state index contributed by atoms with van der Waals surface area (Å²) in [6.45, 7) is 4.92. The van der Waals surface area contributed by atoms with Crippen molar-refractivity contribution in [3.8, 4) is 11.3 Å². The Balaban J connectivity index is 1.33. The molecule has 1 unspecified atom stereocenters. The van der Waals surface area contributed by atoms with Gasteiger partial charge in [0.15, 0.2) is 5.96 Å². The van der Waals surface area contributed by atoms with Crippen molar-refractivity contribution in [3.63, 3.8) is 0 Å². The number of likely N-dealkylation sites (tertiary alicyclic amines) is 1. The van der Waals surface area contributed by atoms with Crippen molar-refractivity contribution in [2.75, 3.05) is 19.6 Å². The average molecular weight is 409 g/mol. The maximum absolute atomic E-state index is 12.7. The number of hydrogen-bond acceptors (Lipinski definition) is 3. The van der Waals surface area contributed by atoms with Gasteiger partial charge in [0.2, 0.25) is 5.91 Å². The maximum Gasteiger partial charge on any atom is 0.225 e. The summed E-state index contributed by atoms with van der Waals surface area (Å²) in [7, 11) is 0. The number of aromatic nitrogens is 2. The van der Waals surface area contributed by atoms with Gasteiger partial charge in [0, 0.05) is 31.6 Å². The number of benzene rings is 1. The lowest BCUT2D eigenvalue weighted by Gasteiger charge is -2.21. The Labute approximate surface area is 178 Å². The van der Waals surface area contributed by atoms with E-state index in [2.05, 4.69) is 39.7 Å². The van der Waals surface area contributed by atoms with Gasteiger partial charge >= 0.3 is 0 Å². The number of hydrogen-bond donors (Lipinski definition) is 3. The summed E-state index contributed by atoms with van der Waals surface area (Å²) in [6, 6.07) is 10.4. The van der Waals surface area contributed by atoms with Crippen LogP contribution in [0.25, 0.3) is 11.3 Å². The van der Waals surface area contributed by atoms with Crippen LogP contribution < -0.4 is 10.6 Å². The maximum atomic E-state index is 12.7. The van der Waals surface area contributed by atoms with E-state index in [-0.39, 0.29) is 12.0 Å². The van der Waals surface area contributed by atoms with Crippen LogP contribution in [0.4, 0.5) is 0 Å². The summed E-state index contributed by atoms with van der Waals surface area (Å²) >= 11 is 0. The average Bonchev–Trinajstić information content (AvgIpc) is 3.54. The van der Waals surface area contributed by atoms with Crippen LogP contribution in [0.1, 0.15) is 44.9 Å². The molecular weight excluding hydrogens is 376 g/mol. The standard InChI is InChI=1S/C23H32N6O/c1-2-24-23(26-15-21-25-14-20(28-21)17-8-4-3-5-9-17)27-19-12-13-29(16-19)22(30)18-10-6-7-11-18/h3-5,8-9,14,18-19H,2,6-7,10-13,15-16H2,1H3,(H,25,28)(H2,24,26,27). The lowest BCUT2D eigenvalue weighted by atomic mass is 10.1. The quantitative estimate of drug-likeness (QED) is 0.507. The Morgan fingerprint density at radius 2 is 2.03 bits per heavy atom. The van der Waals surface area contributed by atoms with Crippen LogP contribution in [0, 0.1) is 5.92 Å². The second kappa shape index (κ2) is 9.78. The Hall–Kier alpha value is -2.83. The van der Waals surface area contributed by atoms with Gasteiger partial charge in [0.1, 0.15) is 12.4 Å².